The SMILES string of the molecule is CC(C)NC(=O)C(C)N(Cc1ccc(Cl)cc1)C(=O)COc1ccccc1C(C)(C)C. The molecule has 31 heavy (non-hydrogen) atoms. The summed E-state index contributed by atoms with van der Waals surface area (Å²) in [6, 6.07) is 14.3. The van der Waals surface area contributed by atoms with Gasteiger partial charge < -0.3 is 15.0 Å². The van der Waals surface area contributed by atoms with Crippen LogP contribution >= 0.6 is 11.6 Å². The van der Waals surface area contributed by atoms with Crippen molar-refractivity contribution in [1.82, 2.24) is 10.2 Å². The van der Waals surface area contributed by atoms with Gasteiger partial charge in [0.1, 0.15) is 11.8 Å². The predicted molar refractivity (Wildman–Crippen MR) is 125 cm³/mol. The van der Waals surface area contributed by atoms with Crippen molar-refractivity contribution >= 4 is 23.4 Å². The molecular weight excluding hydrogens is 412 g/mol. The van der Waals surface area contributed by atoms with Crippen LogP contribution in [0.25, 0.3) is 0 Å². The molecule has 1 unspecified atom stereocenters. The van der Waals surface area contributed by atoms with Gasteiger partial charge in [-0.3, -0.25) is 9.59 Å². The van der Waals surface area contributed by atoms with Crippen molar-refractivity contribution in [3.05, 3.63) is 64.7 Å². The number of amides is 2. The molecule has 2 aromatic carbocycles. The van der Waals surface area contributed by atoms with Gasteiger partial charge in [-0.15, -0.1) is 0 Å². The maximum Gasteiger partial charge on any atom is 0.261 e. The molecule has 168 valence electrons. The number of halogens is 1. The molecule has 0 aliphatic carbocycles. The fourth-order valence-electron chi connectivity index (χ4n) is 3.21. The van der Waals surface area contributed by atoms with Crippen LogP contribution < -0.4 is 10.1 Å². The zero-order valence-electron chi connectivity index (χ0n) is 19.2. The number of ether oxygens (including phenoxy) is 1. The van der Waals surface area contributed by atoms with Crippen LogP contribution in [0.1, 0.15) is 52.7 Å². The van der Waals surface area contributed by atoms with Crippen LogP contribution in [0.15, 0.2) is 48.5 Å². The summed E-state index contributed by atoms with van der Waals surface area (Å²) in [6.07, 6.45) is 0. The maximum atomic E-state index is 13.2. The largest absolute Gasteiger partial charge is 0.483 e. The summed E-state index contributed by atoms with van der Waals surface area (Å²) in [5.74, 6) is 0.214. The van der Waals surface area contributed by atoms with E-state index in [1.54, 1.807) is 24.0 Å². The Balaban J connectivity index is 2.21. The lowest BCUT2D eigenvalue weighted by Gasteiger charge is -2.30. The normalized spacial score (nSPS) is 12.4. The van der Waals surface area contributed by atoms with Crippen molar-refractivity contribution in [2.24, 2.45) is 0 Å². The molecule has 0 aliphatic heterocycles. The summed E-state index contributed by atoms with van der Waals surface area (Å²) < 4.78 is 5.93. The molecule has 5 nitrogen and oxygen atoms in total. The number of nitrogens with zero attached hydrogens (tertiary/aromatic N) is 1. The third-order valence-electron chi connectivity index (χ3n) is 4.91. The molecule has 0 spiro atoms. The van der Waals surface area contributed by atoms with E-state index in [9.17, 15) is 9.59 Å². The summed E-state index contributed by atoms with van der Waals surface area (Å²) >= 11 is 5.99. The van der Waals surface area contributed by atoms with Gasteiger partial charge in [0.05, 0.1) is 0 Å². The van der Waals surface area contributed by atoms with E-state index in [0.717, 1.165) is 11.1 Å². The first kappa shape index (κ1) is 24.7. The highest BCUT2D eigenvalue weighted by molar-refractivity contribution is 6.30. The lowest BCUT2D eigenvalue weighted by molar-refractivity contribution is -0.142. The Morgan fingerprint density at radius 2 is 1.65 bits per heavy atom. The van der Waals surface area contributed by atoms with E-state index in [1.165, 1.54) is 0 Å². The predicted octanol–water partition coefficient (Wildman–Crippen LogP) is 4.96. The minimum atomic E-state index is -0.646. The number of carbonyl (C=O) groups is 2. The number of rotatable bonds is 8. The van der Waals surface area contributed by atoms with Crippen molar-refractivity contribution in [3.8, 4) is 5.75 Å². The first-order valence-electron chi connectivity index (χ1n) is 10.6. The Kier molecular flexibility index (Phi) is 8.52. The Labute approximate surface area is 190 Å². The molecule has 2 rings (SSSR count). The average molecular weight is 445 g/mol. The van der Waals surface area contributed by atoms with Crippen molar-refractivity contribution in [2.75, 3.05) is 6.61 Å². The molecule has 2 aromatic rings. The zero-order valence-corrected chi connectivity index (χ0v) is 20.0. The van der Waals surface area contributed by atoms with Gasteiger partial charge in [-0.2, -0.15) is 0 Å². The quantitative estimate of drug-likeness (QED) is 0.626. The summed E-state index contributed by atoms with van der Waals surface area (Å²) in [6.45, 7) is 11.9. The Morgan fingerprint density at radius 1 is 1.03 bits per heavy atom. The number of benzene rings is 2. The van der Waals surface area contributed by atoms with E-state index < -0.39 is 6.04 Å². The monoisotopic (exact) mass is 444 g/mol. The van der Waals surface area contributed by atoms with Crippen LogP contribution in [0, 0.1) is 0 Å². The minimum Gasteiger partial charge on any atom is -0.483 e. The molecule has 0 bridgehead atoms. The Morgan fingerprint density at radius 3 is 2.23 bits per heavy atom. The standard InChI is InChI=1S/C25H33ClN2O3/c1-17(2)27-24(30)18(3)28(15-19-11-13-20(26)14-12-19)23(29)16-31-22-10-8-7-9-21(22)25(4,5)6/h7-14,17-18H,15-16H2,1-6H3,(H,27,30). The Bertz CT molecular complexity index is 888. The van der Waals surface area contributed by atoms with E-state index >= 15 is 0 Å². The molecule has 0 radical (unpaired) electrons. The van der Waals surface area contributed by atoms with Crippen molar-refractivity contribution in [1.29, 1.82) is 0 Å². The van der Waals surface area contributed by atoms with E-state index in [2.05, 4.69) is 26.1 Å². The lowest BCUT2D eigenvalue weighted by Crippen LogP contribution is -2.50. The van der Waals surface area contributed by atoms with Gasteiger partial charge in [0.2, 0.25) is 5.91 Å². The molecule has 1 N–H and O–H groups in total. The van der Waals surface area contributed by atoms with Crippen LogP contribution in [0.5, 0.6) is 5.75 Å². The highest BCUT2D eigenvalue weighted by atomic mass is 35.5. The lowest BCUT2D eigenvalue weighted by atomic mass is 9.86. The third-order valence-corrected chi connectivity index (χ3v) is 5.16. The second-order valence-corrected chi connectivity index (χ2v) is 9.46. The number of hydrogen-bond donors (Lipinski definition) is 1. The molecule has 0 saturated carbocycles. The molecule has 2 amide bonds. The zero-order chi connectivity index (χ0) is 23.2. The second kappa shape index (κ2) is 10.7. The second-order valence-electron chi connectivity index (χ2n) is 9.02. The van der Waals surface area contributed by atoms with Crippen LogP contribution in [0.4, 0.5) is 0 Å². The van der Waals surface area contributed by atoms with E-state index in [1.807, 2.05) is 50.2 Å². The third kappa shape index (κ3) is 7.28. The molecule has 0 aromatic heterocycles. The topological polar surface area (TPSA) is 58.6 Å². The number of nitrogens with one attached hydrogen (secondary N) is 1. The summed E-state index contributed by atoms with van der Waals surface area (Å²) in [5, 5.41) is 3.50. The smallest absolute Gasteiger partial charge is 0.261 e. The molecule has 0 aliphatic rings. The van der Waals surface area contributed by atoms with Crippen molar-refractivity contribution in [2.45, 2.75) is 65.6 Å². The number of carbonyl (C=O) groups excluding carboxylic acids is 2. The molecule has 0 fully saturated rings. The van der Waals surface area contributed by atoms with Crippen LogP contribution in [-0.4, -0.2) is 35.4 Å². The van der Waals surface area contributed by atoms with Crippen molar-refractivity contribution < 1.29 is 14.3 Å². The first-order chi connectivity index (χ1) is 14.5. The van der Waals surface area contributed by atoms with Gasteiger partial charge in [-0.1, -0.05) is 62.7 Å². The van der Waals surface area contributed by atoms with Gasteiger partial charge in [0.15, 0.2) is 6.61 Å². The van der Waals surface area contributed by atoms with Gasteiger partial charge in [0, 0.05) is 17.6 Å². The molecule has 6 heteroatoms. The fourth-order valence-corrected chi connectivity index (χ4v) is 3.33. The van der Waals surface area contributed by atoms with Crippen LogP contribution in [0.3, 0.4) is 0 Å². The summed E-state index contributed by atoms with van der Waals surface area (Å²) in [4.78, 5) is 27.4. The van der Waals surface area contributed by atoms with Gasteiger partial charge in [-0.25, -0.2) is 0 Å². The van der Waals surface area contributed by atoms with E-state index in [-0.39, 0.29) is 36.4 Å². The van der Waals surface area contributed by atoms with E-state index in [0.29, 0.717) is 10.8 Å². The molecule has 1 atom stereocenters. The van der Waals surface area contributed by atoms with Gasteiger partial charge in [0.25, 0.3) is 5.91 Å². The average Bonchev–Trinajstić information content (AvgIpc) is 2.70. The number of para-hydroxylation sites is 1. The molecular formula is C25H33ClN2O3. The van der Waals surface area contributed by atoms with E-state index in [4.69, 9.17) is 16.3 Å². The summed E-state index contributed by atoms with van der Waals surface area (Å²) in [7, 11) is 0. The van der Waals surface area contributed by atoms with Gasteiger partial charge >= 0.3 is 0 Å². The minimum absolute atomic E-state index is 0.0163. The highest BCUT2D eigenvalue weighted by Crippen LogP contribution is 2.31. The Hall–Kier alpha value is -2.53. The van der Waals surface area contributed by atoms with Crippen LogP contribution in [-0.2, 0) is 21.5 Å². The van der Waals surface area contributed by atoms with Crippen LogP contribution in [0.2, 0.25) is 5.02 Å². The molecule has 0 saturated heterocycles. The number of hydrogen-bond acceptors (Lipinski definition) is 3. The van der Waals surface area contributed by atoms with Gasteiger partial charge in [-0.05, 0) is 55.5 Å². The maximum absolute atomic E-state index is 13.2. The summed E-state index contributed by atoms with van der Waals surface area (Å²) in [5.41, 5.74) is 1.79. The highest BCUT2D eigenvalue weighted by Gasteiger charge is 2.27. The van der Waals surface area contributed by atoms with Crippen molar-refractivity contribution in [3.63, 3.8) is 0 Å². The molecule has 0 heterocycles. The fraction of sp³-hybridized carbons (Fsp3) is 0.440. The first-order valence-corrected chi connectivity index (χ1v) is 10.9.